The topological polar surface area (TPSA) is 94.1 Å². The van der Waals surface area contributed by atoms with E-state index in [0.29, 0.717) is 5.46 Å². The Labute approximate surface area is 64.4 Å². The van der Waals surface area contributed by atoms with Gasteiger partial charge in [-0.05, 0) is 6.07 Å². The highest BCUT2D eigenvalue weighted by atomic mass is 16.4. The fourth-order valence-corrected chi connectivity index (χ4v) is 0.422. The fraction of sp³-hybridized carbons (Fsp3) is 0. The van der Waals surface area contributed by atoms with Gasteiger partial charge in [0.1, 0.15) is 0 Å². The van der Waals surface area contributed by atoms with E-state index in [2.05, 4.69) is 4.42 Å². The monoisotopic (exact) mass is 157 g/mol. The summed E-state index contributed by atoms with van der Waals surface area (Å²) in [6.07, 6.45) is 2.67. The van der Waals surface area contributed by atoms with Crippen LogP contribution in [0.25, 0.3) is 0 Å². The van der Waals surface area contributed by atoms with Crippen LogP contribution in [0.4, 0.5) is 0 Å². The number of hydrogen-bond acceptors (Lipinski definition) is 5. The third-order valence-corrected chi connectivity index (χ3v) is 0.841. The summed E-state index contributed by atoms with van der Waals surface area (Å²) in [4.78, 5) is 0. The van der Waals surface area contributed by atoms with E-state index in [1.54, 1.807) is 0 Å². The molecule has 4 N–H and O–H groups in total. The lowest BCUT2D eigenvalue weighted by molar-refractivity contribution is 0.425. The summed E-state index contributed by atoms with van der Waals surface area (Å²) < 4.78 is 4.56. The van der Waals surface area contributed by atoms with E-state index < -0.39 is 7.12 Å². The Morgan fingerprint density at radius 2 is 1.91 bits per heavy atom. The zero-order chi connectivity index (χ0) is 8.69. The summed E-state index contributed by atoms with van der Waals surface area (Å²) in [6, 6.07) is 1.49. The normalized spacial score (nSPS) is 8.00. The highest BCUT2D eigenvalue weighted by Gasteiger charge is 2.10. The van der Waals surface area contributed by atoms with Crippen LogP contribution in [0.3, 0.4) is 0 Å². The third kappa shape index (κ3) is 4.63. The van der Waals surface area contributed by atoms with E-state index in [9.17, 15) is 0 Å². The average Bonchev–Trinajstić information content (AvgIpc) is 2.38. The van der Waals surface area contributed by atoms with Gasteiger partial charge in [-0.25, -0.2) is 0 Å². The molecule has 1 rings (SSSR count). The van der Waals surface area contributed by atoms with Crippen molar-refractivity contribution >= 4 is 20.3 Å². The maximum atomic E-state index is 8.41. The predicted molar refractivity (Wildman–Crippen MR) is 38.7 cm³/mol. The van der Waals surface area contributed by atoms with Crippen molar-refractivity contribution in [3.05, 3.63) is 18.6 Å². The first-order valence-corrected chi connectivity index (χ1v) is 2.70. The molecule has 1 aromatic heterocycles. The minimum atomic E-state index is -1.41. The van der Waals surface area contributed by atoms with Gasteiger partial charge in [0.2, 0.25) is 0 Å². The zero-order valence-electron chi connectivity index (χ0n) is 5.58. The standard InChI is InChI=1S/C4H5BO3.BH2O2/c6-5(7)4-1-2-8-3-4;2-1-3/h1-3,6-7H;2-3H. The molecular formula is C4H7B2O5. The van der Waals surface area contributed by atoms with Gasteiger partial charge in [-0.15, -0.1) is 0 Å². The number of furan rings is 1. The molecule has 0 bridgehead atoms. The molecule has 11 heavy (non-hydrogen) atoms. The predicted octanol–water partition coefficient (Wildman–Crippen LogP) is -2.54. The van der Waals surface area contributed by atoms with Crippen molar-refractivity contribution in [3.8, 4) is 0 Å². The van der Waals surface area contributed by atoms with Crippen LogP contribution in [0.5, 0.6) is 0 Å². The Hall–Kier alpha value is -0.750. The van der Waals surface area contributed by atoms with Crippen LogP contribution in [-0.2, 0) is 0 Å². The number of hydrogen-bond donors (Lipinski definition) is 4. The molecule has 0 spiro atoms. The van der Waals surface area contributed by atoms with E-state index in [4.69, 9.17) is 20.1 Å². The molecule has 0 atom stereocenters. The Morgan fingerprint density at radius 1 is 1.36 bits per heavy atom. The lowest BCUT2D eigenvalue weighted by Gasteiger charge is -1.86. The van der Waals surface area contributed by atoms with Gasteiger partial charge in [-0.1, -0.05) is 0 Å². The van der Waals surface area contributed by atoms with E-state index in [1.807, 2.05) is 0 Å². The van der Waals surface area contributed by atoms with Gasteiger partial charge < -0.3 is 24.5 Å². The summed E-state index contributed by atoms with van der Waals surface area (Å²) >= 11 is 0. The average molecular weight is 157 g/mol. The molecule has 0 aliphatic heterocycles. The summed E-state index contributed by atoms with van der Waals surface area (Å²) in [5.74, 6) is 0. The molecule has 1 aromatic rings. The van der Waals surface area contributed by atoms with Crippen molar-refractivity contribution in [3.63, 3.8) is 0 Å². The van der Waals surface area contributed by atoms with Crippen molar-refractivity contribution in [2.24, 2.45) is 0 Å². The Bertz CT molecular complexity index is 163. The molecule has 0 unspecified atom stereocenters. The lowest BCUT2D eigenvalue weighted by atomic mass is 9.83. The second-order valence-electron chi connectivity index (χ2n) is 1.55. The van der Waals surface area contributed by atoms with Gasteiger partial charge in [0.25, 0.3) is 0 Å². The molecule has 0 saturated heterocycles. The highest BCUT2D eigenvalue weighted by Crippen LogP contribution is 1.82. The quantitative estimate of drug-likeness (QED) is 0.337. The van der Waals surface area contributed by atoms with Gasteiger partial charge in [0.15, 0.2) is 0 Å². The second-order valence-corrected chi connectivity index (χ2v) is 1.55. The van der Waals surface area contributed by atoms with Crippen LogP contribution in [0.1, 0.15) is 0 Å². The Balaban J connectivity index is 0.000000292. The minimum Gasteiger partial charge on any atom is -0.473 e. The van der Waals surface area contributed by atoms with Crippen LogP contribution in [0.15, 0.2) is 23.0 Å². The molecular weight excluding hydrogens is 150 g/mol. The smallest absolute Gasteiger partial charge is 0.473 e. The Kier molecular flexibility index (Phi) is 5.58. The molecule has 59 valence electrons. The molecule has 0 aliphatic carbocycles. The summed E-state index contributed by atoms with van der Waals surface area (Å²) in [5, 5.41) is 30.8. The molecule has 1 heterocycles. The third-order valence-electron chi connectivity index (χ3n) is 0.841. The summed E-state index contributed by atoms with van der Waals surface area (Å²) in [6.45, 7) is 0. The zero-order valence-corrected chi connectivity index (χ0v) is 5.58. The van der Waals surface area contributed by atoms with Gasteiger partial charge in [0.05, 0.1) is 12.5 Å². The van der Waals surface area contributed by atoms with Crippen LogP contribution in [0, 0.1) is 0 Å². The molecule has 1 radical (unpaired) electrons. The maximum absolute atomic E-state index is 8.41. The van der Waals surface area contributed by atoms with E-state index in [1.165, 1.54) is 18.6 Å². The van der Waals surface area contributed by atoms with Crippen LogP contribution in [-0.4, -0.2) is 34.9 Å². The minimum absolute atomic E-state index is 0. The van der Waals surface area contributed by atoms with E-state index >= 15 is 0 Å². The van der Waals surface area contributed by atoms with Crippen molar-refractivity contribution < 1.29 is 24.5 Å². The van der Waals surface area contributed by atoms with Crippen LogP contribution < -0.4 is 5.46 Å². The molecule has 0 aliphatic rings. The van der Waals surface area contributed by atoms with Crippen LogP contribution in [0.2, 0.25) is 0 Å². The largest absolute Gasteiger partial charge is 0.491 e. The maximum Gasteiger partial charge on any atom is 0.491 e. The van der Waals surface area contributed by atoms with Gasteiger partial charge in [0, 0.05) is 5.46 Å². The van der Waals surface area contributed by atoms with Gasteiger partial charge in [-0.3, -0.25) is 0 Å². The molecule has 5 nitrogen and oxygen atoms in total. The SMILES string of the molecule is OB(O)c1ccoc1.O[B]O. The second kappa shape index (κ2) is 5.99. The molecule has 0 amide bonds. The molecule has 0 saturated carbocycles. The first kappa shape index (κ1) is 10.2. The molecule has 7 heteroatoms. The molecule has 0 fully saturated rings. The van der Waals surface area contributed by atoms with E-state index in [0.717, 1.165) is 0 Å². The molecule has 0 aromatic carbocycles. The van der Waals surface area contributed by atoms with Crippen molar-refractivity contribution in [1.29, 1.82) is 0 Å². The number of rotatable bonds is 1. The summed E-state index contributed by atoms with van der Waals surface area (Å²) in [7, 11) is -1.41. The lowest BCUT2D eigenvalue weighted by Crippen LogP contribution is -2.27. The Morgan fingerprint density at radius 3 is 2.09 bits per heavy atom. The highest BCUT2D eigenvalue weighted by molar-refractivity contribution is 6.58. The first-order chi connectivity index (χ1) is 5.22. The van der Waals surface area contributed by atoms with Crippen molar-refractivity contribution in [2.75, 3.05) is 0 Å². The van der Waals surface area contributed by atoms with Gasteiger partial charge in [-0.2, -0.15) is 0 Å². The summed E-state index contributed by atoms with van der Waals surface area (Å²) in [5.41, 5.74) is 0.380. The van der Waals surface area contributed by atoms with Crippen molar-refractivity contribution in [1.82, 2.24) is 0 Å². The van der Waals surface area contributed by atoms with Crippen LogP contribution >= 0.6 is 0 Å². The van der Waals surface area contributed by atoms with Crippen molar-refractivity contribution in [2.45, 2.75) is 0 Å². The van der Waals surface area contributed by atoms with E-state index in [-0.39, 0.29) is 7.69 Å². The first-order valence-electron chi connectivity index (χ1n) is 2.70. The fourth-order valence-electron chi connectivity index (χ4n) is 0.422. The van der Waals surface area contributed by atoms with Gasteiger partial charge >= 0.3 is 14.8 Å².